The highest BCUT2D eigenvalue weighted by Gasteiger charge is 2.33. The number of hydrogen-bond donors (Lipinski definition) is 1. The lowest BCUT2D eigenvalue weighted by atomic mass is 9.77. The van der Waals surface area contributed by atoms with Gasteiger partial charge in [-0.1, -0.05) is 52.3 Å². The van der Waals surface area contributed by atoms with Crippen LogP contribution in [-0.2, 0) is 0 Å². The van der Waals surface area contributed by atoms with E-state index in [4.69, 9.17) is 0 Å². The first-order chi connectivity index (χ1) is 6.75. The third-order valence-electron chi connectivity index (χ3n) is 3.38. The third kappa shape index (κ3) is 3.49. The van der Waals surface area contributed by atoms with Crippen molar-refractivity contribution in [1.29, 1.82) is 0 Å². The van der Waals surface area contributed by atoms with Crippen LogP contribution in [0.3, 0.4) is 0 Å². The van der Waals surface area contributed by atoms with Crippen molar-refractivity contribution in [3.63, 3.8) is 0 Å². The fourth-order valence-electron chi connectivity index (χ4n) is 1.54. The molecule has 0 heterocycles. The summed E-state index contributed by atoms with van der Waals surface area (Å²) in [7, 11) is 0. The Balaban J connectivity index is 5.13. The second kappa shape index (κ2) is 5.50. The molecular weight excluding hydrogens is 184 g/mol. The maximum absolute atomic E-state index is 10.6. The average Bonchev–Trinajstić information content (AvgIpc) is 2.15. The second-order valence-corrected chi connectivity index (χ2v) is 5.11. The van der Waals surface area contributed by atoms with Gasteiger partial charge in [-0.25, -0.2) is 0 Å². The molecule has 0 unspecified atom stereocenters. The van der Waals surface area contributed by atoms with Crippen LogP contribution in [0.4, 0.5) is 0 Å². The Labute approximate surface area is 94.9 Å². The maximum Gasteiger partial charge on any atom is 0.0912 e. The van der Waals surface area contributed by atoms with Crippen LogP contribution in [-0.4, -0.2) is 10.7 Å². The Kier molecular flexibility index (Phi) is 5.30. The SMILES string of the molecule is C=C[C@H](C)[C@](O)(/C=C(\C)C(C)C)C(C)C. The van der Waals surface area contributed by atoms with E-state index >= 15 is 0 Å². The highest BCUT2D eigenvalue weighted by Crippen LogP contribution is 2.30. The average molecular weight is 210 g/mol. The van der Waals surface area contributed by atoms with Gasteiger partial charge in [-0.05, 0) is 18.8 Å². The molecule has 0 aliphatic carbocycles. The van der Waals surface area contributed by atoms with Crippen LogP contribution in [0.15, 0.2) is 24.3 Å². The highest BCUT2D eigenvalue weighted by atomic mass is 16.3. The van der Waals surface area contributed by atoms with Gasteiger partial charge in [0, 0.05) is 5.92 Å². The van der Waals surface area contributed by atoms with E-state index < -0.39 is 5.60 Å². The minimum atomic E-state index is -0.768. The summed E-state index contributed by atoms with van der Waals surface area (Å²) >= 11 is 0. The van der Waals surface area contributed by atoms with Gasteiger partial charge in [0.1, 0.15) is 0 Å². The van der Waals surface area contributed by atoms with E-state index in [1.807, 2.05) is 32.9 Å². The summed E-state index contributed by atoms with van der Waals surface area (Å²) in [6.45, 7) is 16.2. The molecule has 0 aromatic heterocycles. The summed E-state index contributed by atoms with van der Waals surface area (Å²) < 4.78 is 0. The normalized spacial score (nSPS) is 19.1. The molecule has 88 valence electrons. The van der Waals surface area contributed by atoms with Crippen molar-refractivity contribution in [3.05, 3.63) is 24.3 Å². The van der Waals surface area contributed by atoms with Crippen molar-refractivity contribution < 1.29 is 5.11 Å². The van der Waals surface area contributed by atoms with E-state index in [0.717, 1.165) is 0 Å². The standard InChI is InChI=1S/C14H26O/c1-8-13(7)14(15,11(4)5)9-12(6)10(2)3/h8-11,13,15H,1H2,2-7H3/b12-9+/t13-,14-/m0/s1. The molecule has 0 saturated carbocycles. The van der Waals surface area contributed by atoms with E-state index in [-0.39, 0.29) is 11.8 Å². The topological polar surface area (TPSA) is 20.2 Å². The van der Waals surface area contributed by atoms with E-state index in [1.54, 1.807) is 0 Å². The minimum Gasteiger partial charge on any atom is -0.385 e. The Morgan fingerprint density at radius 2 is 1.67 bits per heavy atom. The molecule has 0 saturated heterocycles. The predicted octanol–water partition coefficient (Wildman–Crippen LogP) is 3.80. The second-order valence-electron chi connectivity index (χ2n) is 5.11. The van der Waals surface area contributed by atoms with Crippen LogP contribution in [0.1, 0.15) is 41.5 Å². The van der Waals surface area contributed by atoms with Gasteiger partial charge in [0.15, 0.2) is 0 Å². The van der Waals surface area contributed by atoms with Crippen LogP contribution in [0.25, 0.3) is 0 Å². The van der Waals surface area contributed by atoms with Crippen molar-refractivity contribution in [2.45, 2.75) is 47.1 Å². The van der Waals surface area contributed by atoms with Crippen LogP contribution >= 0.6 is 0 Å². The molecule has 1 N–H and O–H groups in total. The lowest BCUT2D eigenvalue weighted by Gasteiger charge is -2.34. The van der Waals surface area contributed by atoms with Crippen LogP contribution < -0.4 is 0 Å². The molecule has 0 aromatic carbocycles. The van der Waals surface area contributed by atoms with E-state index in [2.05, 4.69) is 27.4 Å². The molecule has 2 atom stereocenters. The minimum absolute atomic E-state index is 0.0752. The van der Waals surface area contributed by atoms with Gasteiger partial charge in [-0.15, -0.1) is 6.58 Å². The molecular formula is C14H26O. The Bertz CT molecular complexity index is 238. The molecule has 0 fully saturated rings. The zero-order chi connectivity index (χ0) is 12.2. The predicted molar refractivity (Wildman–Crippen MR) is 67.7 cm³/mol. The summed E-state index contributed by atoms with van der Waals surface area (Å²) in [6, 6.07) is 0. The third-order valence-corrected chi connectivity index (χ3v) is 3.38. The number of rotatable bonds is 5. The monoisotopic (exact) mass is 210 g/mol. The molecule has 0 amide bonds. The van der Waals surface area contributed by atoms with Gasteiger partial charge in [-0.3, -0.25) is 0 Å². The molecule has 0 spiro atoms. The van der Waals surface area contributed by atoms with E-state index in [0.29, 0.717) is 5.92 Å². The summed E-state index contributed by atoms with van der Waals surface area (Å²) in [5.74, 6) is 0.748. The zero-order valence-corrected chi connectivity index (χ0v) is 11.0. The molecule has 0 rings (SSSR count). The lowest BCUT2D eigenvalue weighted by molar-refractivity contribution is 0.00891. The molecule has 1 heteroatoms. The number of hydrogen-bond acceptors (Lipinski definition) is 1. The first kappa shape index (κ1) is 14.4. The summed E-state index contributed by atoms with van der Waals surface area (Å²) in [5, 5.41) is 10.6. The highest BCUT2D eigenvalue weighted by molar-refractivity contribution is 5.15. The van der Waals surface area contributed by atoms with Crippen molar-refractivity contribution in [1.82, 2.24) is 0 Å². The van der Waals surface area contributed by atoms with Gasteiger partial charge in [-0.2, -0.15) is 0 Å². The number of aliphatic hydroxyl groups is 1. The summed E-state index contributed by atoms with van der Waals surface area (Å²) in [5.41, 5.74) is 0.468. The lowest BCUT2D eigenvalue weighted by Crippen LogP contribution is -2.39. The van der Waals surface area contributed by atoms with Crippen molar-refractivity contribution in [2.24, 2.45) is 17.8 Å². The summed E-state index contributed by atoms with van der Waals surface area (Å²) in [4.78, 5) is 0. The molecule has 0 aromatic rings. The molecule has 15 heavy (non-hydrogen) atoms. The fraction of sp³-hybridized carbons (Fsp3) is 0.714. The van der Waals surface area contributed by atoms with E-state index in [1.165, 1.54) is 5.57 Å². The van der Waals surface area contributed by atoms with Crippen LogP contribution in [0, 0.1) is 17.8 Å². The fourth-order valence-corrected chi connectivity index (χ4v) is 1.54. The van der Waals surface area contributed by atoms with E-state index in [9.17, 15) is 5.11 Å². The molecule has 0 aliphatic rings. The van der Waals surface area contributed by atoms with Gasteiger partial charge < -0.3 is 5.11 Å². The molecule has 0 radical (unpaired) electrons. The largest absolute Gasteiger partial charge is 0.385 e. The molecule has 0 bridgehead atoms. The smallest absolute Gasteiger partial charge is 0.0912 e. The molecule has 0 aliphatic heterocycles. The number of allylic oxidation sites excluding steroid dienone is 1. The van der Waals surface area contributed by atoms with Crippen molar-refractivity contribution in [2.75, 3.05) is 0 Å². The zero-order valence-electron chi connectivity index (χ0n) is 11.0. The maximum atomic E-state index is 10.6. The van der Waals surface area contributed by atoms with Gasteiger partial charge in [0.2, 0.25) is 0 Å². The Hall–Kier alpha value is -0.560. The first-order valence-electron chi connectivity index (χ1n) is 5.80. The first-order valence-corrected chi connectivity index (χ1v) is 5.80. The van der Waals surface area contributed by atoms with Gasteiger partial charge in [0.05, 0.1) is 5.60 Å². The Morgan fingerprint density at radius 1 is 1.20 bits per heavy atom. The van der Waals surface area contributed by atoms with Gasteiger partial charge >= 0.3 is 0 Å². The molecule has 1 nitrogen and oxygen atoms in total. The van der Waals surface area contributed by atoms with Crippen LogP contribution in [0.2, 0.25) is 0 Å². The summed E-state index contributed by atoms with van der Waals surface area (Å²) in [6.07, 6.45) is 3.83. The van der Waals surface area contributed by atoms with Crippen molar-refractivity contribution >= 4 is 0 Å². The van der Waals surface area contributed by atoms with Gasteiger partial charge in [0.25, 0.3) is 0 Å². The van der Waals surface area contributed by atoms with Crippen LogP contribution in [0.5, 0.6) is 0 Å². The quantitative estimate of drug-likeness (QED) is 0.684. The van der Waals surface area contributed by atoms with Crippen molar-refractivity contribution in [3.8, 4) is 0 Å². The Morgan fingerprint density at radius 3 is 1.93 bits per heavy atom.